The first-order valence-corrected chi connectivity index (χ1v) is 13.4. The van der Waals surface area contributed by atoms with Crippen molar-refractivity contribution in [3.8, 4) is 17.1 Å². The van der Waals surface area contributed by atoms with Crippen LogP contribution in [0.5, 0.6) is 0 Å². The minimum atomic E-state index is -0.236. The number of rotatable bonds is 6. The van der Waals surface area contributed by atoms with Crippen LogP contribution >= 0.6 is 11.8 Å². The molecule has 38 heavy (non-hydrogen) atoms. The number of thioether (sulfide) groups is 1. The van der Waals surface area contributed by atoms with E-state index in [1.165, 1.54) is 17.8 Å². The number of carbonyl (C=O) groups excluding carboxylic acids is 1. The predicted molar refractivity (Wildman–Crippen MR) is 148 cm³/mol. The lowest BCUT2D eigenvalue weighted by Gasteiger charge is -2.36. The number of carbonyl (C=O) groups is 1. The van der Waals surface area contributed by atoms with Gasteiger partial charge in [0.25, 0.3) is 0 Å². The largest absolute Gasteiger partial charge is 0.366 e. The molecule has 1 saturated heterocycles. The van der Waals surface area contributed by atoms with Gasteiger partial charge < -0.3 is 9.80 Å². The van der Waals surface area contributed by atoms with Gasteiger partial charge >= 0.3 is 0 Å². The van der Waals surface area contributed by atoms with Gasteiger partial charge in [-0.2, -0.15) is 0 Å². The van der Waals surface area contributed by atoms with E-state index in [0.29, 0.717) is 42.8 Å². The van der Waals surface area contributed by atoms with Crippen LogP contribution in [0, 0.1) is 5.82 Å². The Morgan fingerprint density at radius 2 is 1.53 bits per heavy atom. The average Bonchev–Trinajstić information content (AvgIpc) is 3.40. The normalized spacial score (nSPS) is 13.7. The van der Waals surface area contributed by atoms with Crippen LogP contribution in [-0.2, 0) is 4.79 Å². The van der Waals surface area contributed by atoms with E-state index in [-0.39, 0.29) is 17.5 Å². The molecule has 2 aromatic heterocycles. The molecule has 6 rings (SSSR count). The lowest BCUT2D eigenvalue weighted by Crippen LogP contribution is -2.49. The highest BCUT2D eigenvalue weighted by molar-refractivity contribution is 7.99. The molecule has 0 N–H and O–H groups in total. The molecule has 1 aliphatic heterocycles. The summed E-state index contributed by atoms with van der Waals surface area (Å²) in [6.07, 6.45) is 3.46. The molecule has 3 aromatic carbocycles. The molecule has 1 fully saturated rings. The maximum absolute atomic E-state index is 14.2. The van der Waals surface area contributed by atoms with Gasteiger partial charge in [-0.1, -0.05) is 60.3 Å². The maximum atomic E-state index is 14.2. The van der Waals surface area contributed by atoms with Gasteiger partial charge in [0.1, 0.15) is 5.82 Å². The van der Waals surface area contributed by atoms with Gasteiger partial charge in [0.2, 0.25) is 5.91 Å². The third-order valence-corrected chi connectivity index (χ3v) is 7.64. The first-order chi connectivity index (χ1) is 18.7. The van der Waals surface area contributed by atoms with E-state index >= 15 is 0 Å². The van der Waals surface area contributed by atoms with Crippen LogP contribution in [0.1, 0.15) is 0 Å². The number of amides is 1. The zero-order valence-corrected chi connectivity index (χ0v) is 21.4. The molecule has 3 heterocycles. The summed E-state index contributed by atoms with van der Waals surface area (Å²) in [5.74, 6) is 0.720. The number of hydrogen-bond donors (Lipinski definition) is 0. The molecule has 1 aliphatic rings. The number of para-hydroxylation sites is 1. The summed E-state index contributed by atoms with van der Waals surface area (Å²) in [5.41, 5.74) is 2.43. The predicted octanol–water partition coefficient (Wildman–Crippen LogP) is 5.06. The third kappa shape index (κ3) is 4.72. The van der Waals surface area contributed by atoms with Gasteiger partial charge in [0.05, 0.1) is 17.1 Å². The Hall–Kier alpha value is -4.24. The van der Waals surface area contributed by atoms with Crippen LogP contribution < -0.4 is 4.90 Å². The average molecular weight is 525 g/mol. The number of pyridine rings is 1. The van der Waals surface area contributed by atoms with Gasteiger partial charge in [0.15, 0.2) is 11.0 Å². The number of hydrogen-bond acceptors (Lipinski definition) is 6. The minimum absolute atomic E-state index is 0.0288. The SMILES string of the molecule is O=C(CSc1nnc(-c2ccncc2)n1-c1cccc2ccccc12)N1CCN(c2ccccc2F)CC1. The van der Waals surface area contributed by atoms with Crippen LogP contribution in [0.25, 0.3) is 27.8 Å². The Morgan fingerprint density at radius 1 is 0.816 bits per heavy atom. The van der Waals surface area contributed by atoms with Gasteiger partial charge in [-0.05, 0) is 35.7 Å². The number of piperazine rings is 1. The Bertz CT molecular complexity index is 1580. The molecular formula is C29H25FN6OS. The topological polar surface area (TPSA) is 67.2 Å². The molecule has 190 valence electrons. The van der Waals surface area contributed by atoms with E-state index < -0.39 is 0 Å². The van der Waals surface area contributed by atoms with Crippen molar-refractivity contribution in [1.29, 1.82) is 0 Å². The highest BCUT2D eigenvalue weighted by Crippen LogP contribution is 2.32. The number of halogens is 1. The first kappa shape index (κ1) is 24.1. The van der Waals surface area contributed by atoms with Crippen LogP contribution in [0.3, 0.4) is 0 Å². The maximum Gasteiger partial charge on any atom is 0.233 e. The molecule has 0 bridgehead atoms. The molecule has 5 aromatic rings. The zero-order valence-electron chi connectivity index (χ0n) is 20.6. The molecule has 0 spiro atoms. The van der Waals surface area contributed by atoms with E-state index in [9.17, 15) is 9.18 Å². The van der Waals surface area contributed by atoms with E-state index in [0.717, 1.165) is 22.0 Å². The molecule has 0 saturated carbocycles. The summed E-state index contributed by atoms with van der Waals surface area (Å²) in [6.45, 7) is 2.28. The Labute approximate surface area is 223 Å². The molecular weight excluding hydrogens is 499 g/mol. The van der Waals surface area contributed by atoms with Gasteiger partial charge in [-0.25, -0.2) is 4.39 Å². The van der Waals surface area contributed by atoms with Gasteiger partial charge in [-0.3, -0.25) is 14.3 Å². The summed E-state index contributed by atoms with van der Waals surface area (Å²) in [6, 6.07) is 24.9. The second-order valence-electron chi connectivity index (χ2n) is 8.98. The van der Waals surface area contributed by atoms with Crippen molar-refractivity contribution in [2.24, 2.45) is 0 Å². The zero-order chi connectivity index (χ0) is 25.9. The van der Waals surface area contributed by atoms with Crippen molar-refractivity contribution >= 4 is 34.1 Å². The molecule has 7 nitrogen and oxygen atoms in total. The van der Waals surface area contributed by atoms with Crippen molar-refractivity contribution in [1.82, 2.24) is 24.6 Å². The molecule has 9 heteroatoms. The lowest BCUT2D eigenvalue weighted by atomic mass is 10.1. The van der Waals surface area contributed by atoms with E-state index in [1.54, 1.807) is 24.5 Å². The van der Waals surface area contributed by atoms with Crippen LogP contribution in [-0.4, -0.2) is 62.5 Å². The molecule has 1 amide bonds. The second-order valence-corrected chi connectivity index (χ2v) is 9.93. The van der Waals surface area contributed by atoms with Crippen molar-refractivity contribution in [3.05, 3.63) is 97.1 Å². The van der Waals surface area contributed by atoms with Gasteiger partial charge in [-0.15, -0.1) is 10.2 Å². The summed E-state index contributed by atoms with van der Waals surface area (Å²) >= 11 is 1.38. The smallest absolute Gasteiger partial charge is 0.233 e. The van der Waals surface area contributed by atoms with Crippen LogP contribution in [0.2, 0.25) is 0 Å². The lowest BCUT2D eigenvalue weighted by molar-refractivity contribution is -0.128. The van der Waals surface area contributed by atoms with Crippen molar-refractivity contribution in [2.45, 2.75) is 5.16 Å². The molecule has 0 unspecified atom stereocenters. The fourth-order valence-corrected chi connectivity index (χ4v) is 5.64. The third-order valence-electron chi connectivity index (χ3n) is 6.73. The Kier molecular flexibility index (Phi) is 6.75. The highest BCUT2D eigenvalue weighted by atomic mass is 32.2. The second kappa shape index (κ2) is 10.6. The monoisotopic (exact) mass is 524 g/mol. The fraction of sp³-hybridized carbons (Fsp3) is 0.172. The summed E-state index contributed by atoms with van der Waals surface area (Å²) < 4.78 is 16.2. The Balaban J connectivity index is 1.23. The highest BCUT2D eigenvalue weighted by Gasteiger charge is 2.24. The molecule has 0 radical (unpaired) electrons. The number of aromatic nitrogens is 4. The molecule has 0 atom stereocenters. The van der Waals surface area contributed by atoms with Crippen molar-refractivity contribution < 1.29 is 9.18 Å². The quantitative estimate of drug-likeness (QED) is 0.289. The van der Waals surface area contributed by atoms with Crippen molar-refractivity contribution in [3.63, 3.8) is 0 Å². The number of nitrogens with zero attached hydrogens (tertiary/aromatic N) is 6. The van der Waals surface area contributed by atoms with Crippen molar-refractivity contribution in [2.75, 3.05) is 36.8 Å². The molecule has 0 aliphatic carbocycles. The van der Waals surface area contributed by atoms with Gasteiger partial charge in [0, 0.05) is 49.5 Å². The minimum Gasteiger partial charge on any atom is -0.366 e. The van der Waals surface area contributed by atoms with E-state index in [4.69, 9.17) is 0 Å². The number of benzene rings is 3. The first-order valence-electron chi connectivity index (χ1n) is 12.4. The number of fused-ring (bicyclic) bond motifs is 1. The summed E-state index contributed by atoms with van der Waals surface area (Å²) in [5, 5.41) is 11.8. The van der Waals surface area contributed by atoms with Crippen LogP contribution in [0.15, 0.2) is 96.4 Å². The Morgan fingerprint density at radius 3 is 2.34 bits per heavy atom. The number of anilines is 1. The van der Waals surface area contributed by atoms with E-state index in [2.05, 4.69) is 33.4 Å². The fourth-order valence-electron chi connectivity index (χ4n) is 4.79. The standard InChI is InChI=1S/C29H25FN6OS/c30-24-9-3-4-10-26(24)34-16-18-35(19-17-34)27(37)20-38-29-33-32-28(22-12-14-31-15-13-22)36(29)25-11-5-7-21-6-1-2-8-23(21)25/h1-15H,16-20H2. The van der Waals surface area contributed by atoms with E-state index in [1.807, 2.05) is 56.8 Å². The summed E-state index contributed by atoms with van der Waals surface area (Å²) in [4.78, 5) is 21.1. The van der Waals surface area contributed by atoms with Crippen LogP contribution in [0.4, 0.5) is 10.1 Å². The summed E-state index contributed by atoms with van der Waals surface area (Å²) in [7, 11) is 0.